The van der Waals surface area contributed by atoms with E-state index in [9.17, 15) is 13.2 Å². The van der Waals surface area contributed by atoms with Crippen LogP contribution in [0, 0.1) is 6.92 Å². The van der Waals surface area contributed by atoms with Crippen molar-refractivity contribution in [2.24, 2.45) is 0 Å². The van der Waals surface area contributed by atoms with E-state index < -0.39 is 16.0 Å². The van der Waals surface area contributed by atoms with Crippen molar-refractivity contribution < 1.29 is 22.7 Å². The van der Waals surface area contributed by atoms with Gasteiger partial charge in [-0.15, -0.1) is 0 Å². The van der Waals surface area contributed by atoms with Gasteiger partial charge in [0.15, 0.2) is 6.61 Å². The van der Waals surface area contributed by atoms with Gasteiger partial charge < -0.3 is 9.47 Å². The van der Waals surface area contributed by atoms with Crippen molar-refractivity contribution in [1.29, 1.82) is 0 Å². The van der Waals surface area contributed by atoms with Crippen LogP contribution in [0.15, 0.2) is 41.3 Å². The topological polar surface area (TPSA) is 81.7 Å². The summed E-state index contributed by atoms with van der Waals surface area (Å²) in [6.07, 6.45) is 0. The SMILES string of the molecule is COC(=O)COc1ccc(S(=O)(=O)Nc2cccc(Cl)c2C)cc1Cl. The van der Waals surface area contributed by atoms with E-state index in [1.54, 1.807) is 25.1 Å². The average molecular weight is 404 g/mol. The van der Waals surface area contributed by atoms with E-state index >= 15 is 0 Å². The first-order chi connectivity index (χ1) is 11.7. The smallest absolute Gasteiger partial charge is 0.343 e. The van der Waals surface area contributed by atoms with Gasteiger partial charge in [-0.05, 0) is 42.8 Å². The van der Waals surface area contributed by atoms with Crippen molar-refractivity contribution in [2.45, 2.75) is 11.8 Å². The number of esters is 1. The number of rotatable bonds is 6. The predicted molar refractivity (Wildman–Crippen MR) is 96.0 cm³/mol. The molecule has 0 aliphatic rings. The van der Waals surface area contributed by atoms with Gasteiger partial charge in [0.25, 0.3) is 10.0 Å². The molecular weight excluding hydrogens is 389 g/mol. The first kappa shape index (κ1) is 19.4. The van der Waals surface area contributed by atoms with Crippen molar-refractivity contribution in [3.8, 4) is 5.75 Å². The summed E-state index contributed by atoms with van der Waals surface area (Å²) < 4.78 is 37.1. The summed E-state index contributed by atoms with van der Waals surface area (Å²) in [5.41, 5.74) is 0.978. The summed E-state index contributed by atoms with van der Waals surface area (Å²) in [6, 6.07) is 8.83. The van der Waals surface area contributed by atoms with Crippen LogP contribution in [0.2, 0.25) is 10.0 Å². The minimum absolute atomic E-state index is 0.0506. The Hall–Kier alpha value is -1.96. The molecule has 9 heteroatoms. The molecule has 0 unspecified atom stereocenters. The molecule has 0 fully saturated rings. The van der Waals surface area contributed by atoms with Crippen LogP contribution in [-0.2, 0) is 19.6 Å². The molecule has 25 heavy (non-hydrogen) atoms. The number of benzene rings is 2. The van der Waals surface area contributed by atoms with E-state index in [-0.39, 0.29) is 22.3 Å². The van der Waals surface area contributed by atoms with Crippen LogP contribution in [0.4, 0.5) is 5.69 Å². The van der Waals surface area contributed by atoms with Crippen molar-refractivity contribution in [3.63, 3.8) is 0 Å². The summed E-state index contributed by atoms with van der Waals surface area (Å²) >= 11 is 12.0. The maximum Gasteiger partial charge on any atom is 0.343 e. The summed E-state index contributed by atoms with van der Waals surface area (Å²) in [5, 5.41) is 0.499. The maximum absolute atomic E-state index is 12.5. The lowest BCUT2D eigenvalue weighted by Gasteiger charge is -2.13. The summed E-state index contributed by atoms with van der Waals surface area (Å²) in [5.74, 6) is -0.407. The number of anilines is 1. The van der Waals surface area contributed by atoms with E-state index in [0.717, 1.165) is 0 Å². The number of nitrogens with one attached hydrogen (secondary N) is 1. The van der Waals surface area contributed by atoms with Crippen LogP contribution in [0.1, 0.15) is 5.56 Å². The molecule has 0 bridgehead atoms. The lowest BCUT2D eigenvalue weighted by molar-refractivity contribution is -0.142. The van der Waals surface area contributed by atoms with E-state index in [1.165, 1.54) is 25.3 Å². The van der Waals surface area contributed by atoms with E-state index in [4.69, 9.17) is 27.9 Å². The van der Waals surface area contributed by atoms with E-state index in [0.29, 0.717) is 16.3 Å². The molecule has 0 radical (unpaired) electrons. The summed E-state index contributed by atoms with van der Waals surface area (Å²) in [6.45, 7) is 1.37. The summed E-state index contributed by atoms with van der Waals surface area (Å²) in [7, 11) is -2.64. The number of sulfonamides is 1. The number of halogens is 2. The van der Waals surface area contributed by atoms with Gasteiger partial charge >= 0.3 is 5.97 Å². The molecule has 0 saturated carbocycles. The van der Waals surface area contributed by atoms with Crippen LogP contribution in [0.25, 0.3) is 0 Å². The zero-order valence-corrected chi connectivity index (χ0v) is 15.7. The first-order valence-corrected chi connectivity index (χ1v) is 9.25. The molecule has 0 heterocycles. The molecule has 0 aliphatic carbocycles. The Morgan fingerprint density at radius 3 is 2.52 bits per heavy atom. The van der Waals surface area contributed by atoms with Crippen LogP contribution in [0.3, 0.4) is 0 Å². The third-order valence-corrected chi connectivity index (χ3v) is 5.37. The molecule has 0 spiro atoms. The molecular formula is C16H15Cl2NO5S. The highest BCUT2D eigenvalue weighted by Crippen LogP contribution is 2.30. The minimum atomic E-state index is -3.87. The zero-order chi connectivity index (χ0) is 18.6. The van der Waals surface area contributed by atoms with Gasteiger partial charge in [-0.3, -0.25) is 4.72 Å². The number of carbonyl (C=O) groups is 1. The number of methoxy groups -OCH3 is 1. The predicted octanol–water partition coefficient (Wildman–Crippen LogP) is 3.65. The minimum Gasteiger partial charge on any atom is -0.480 e. The quantitative estimate of drug-likeness (QED) is 0.744. The largest absolute Gasteiger partial charge is 0.480 e. The lowest BCUT2D eigenvalue weighted by atomic mass is 10.2. The third kappa shape index (κ3) is 4.78. The normalized spacial score (nSPS) is 11.0. The van der Waals surface area contributed by atoms with Crippen LogP contribution < -0.4 is 9.46 Å². The van der Waals surface area contributed by atoms with Crippen LogP contribution >= 0.6 is 23.2 Å². The number of ether oxygens (including phenoxy) is 2. The summed E-state index contributed by atoms with van der Waals surface area (Å²) in [4.78, 5) is 11.0. The standard InChI is InChI=1S/C16H15Cl2NO5S/c1-10-12(17)4-3-5-14(10)19-25(21,22)11-6-7-15(13(18)8-11)24-9-16(20)23-2/h3-8,19H,9H2,1-2H3. The molecule has 2 aromatic carbocycles. The first-order valence-electron chi connectivity index (χ1n) is 7.01. The molecule has 1 N–H and O–H groups in total. The highest BCUT2D eigenvalue weighted by Gasteiger charge is 2.18. The van der Waals surface area contributed by atoms with Crippen molar-refractivity contribution >= 4 is 44.9 Å². The second kappa shape index (κ2) is 7.95. The second-order valence-electron chi connectivity index (χ2n) is 4.97. The maximum atomic E-state index is 12.5. The van der Waals surface area contributed by atoms with Gasteiger partial charge in [-0.2, -0.15) is 0 Å². The fourth-order valence-corrected chi connectivity index (χ4v) is 3.51. The van der Waals surface area contributed by atoms with Gasteiger partial charge in [0.2, 0.25) is 0 Å². The van der Waals surface area contributed by atoms with E-state index in [2.05, 4.69) is 9.46 Å². The molecule has 134 valence electrons. The van der Waals surface area contributed by atoms with Gasteiger partial charge in [0.05, 0.1) is 22.7 Å². The van der Waals surface area contributed by atoms with Crippen molar-refractivity contribution in [3.05, 3.63) is 52.0 Å². The molecule has 0 aromatic heterocycles. The number of carbonyl (C=O) groups excluding carboxylic acids is 1. The molecule has 0 atom stereocenters. The monoisotopic (exact) mass is 403 g/mol. The fraction of sp³-hybridized carbons (Fsp3) is 0.188. The van der Waals surface area contributed by atoms with Gasteiger partial charge in [-0.25, -0.2) is 13.2 Å². The molecule has 0 saturated heterocycles. The van der Waals surface area contributed by atoms with E-state index in [1.807, 2.05) is 0 Å². The Bertz CT molecular complexity index is 899. The van der Waals surface area contributed by atoms with Crippen molar-refractivity contribution in [2.75, 3.05) is 18.4 Å². The molecule has 2 rings (SSSR count). The van der Waals surface area contributed by atoms with Gasteiger partial charge in [0.1, 0.15) is 5.75 Å². The van der Waals surface area contributed by atoms with Crippen molar-refractivity contribution in [1.82, 2.24) is 0 Å². The Kier molecular flexibility index (Phi) is 6.16. The molecule has 0 amide bonds. The Morgan fingerprint density at radius 1 is 1.16 bits per heavy atom. The molecule has 6 nitrogen and oxygen atoms in total. The van der Waals surface area contributed by atoms with Gasteiger partial charge in [-0.1, -0.05) is 29.3 Å². The number of hydrogen-bond acceptors (Lipinski definition) is 5. The highest BCUT2D eigenvalue weighted by atomic mass is 35.5. The molecule has 2 aromatic rings. The van der Waals surface area contributed by atoms with Crippen LogP contribution in [0.5, 0.6) is 5.75 Å². The fourth-order valence-electron chi connectivity index (χ4n) is 1.88. The Morgan fingerprint density at radius 2 is 1.88 bits per heavy atom. The Labute approximate surface area is 155 Å². The zero-order valence-electron chi connectivity index (χ0n) is 13.4. The average Bonchev–Trinajstić information content (AvgIpc) is 2.57. The Balaban J connectivity index is 2.23. The van der Waals surface area contributed by atoms with Crippen LogP contribution in [-0.4, -0.2) is 28.1 Å². The second-order valence-corrected chi connectivity index (χ2v) is 7.47. The third-order valence-electron chi connectivity index (χ3n) is 3.30. The molecule has 0 aliphatic heterocycles. The number of hydrogen-bond donors (Lipinski definition) is 1. The van der Waals surface area contributed by atoms with Gasteiger partial charge in [0, 0.05) is 5.02 Å². The highest BCUT2D eigenvalue weighted by molar-refractivity contribution is 7.92. The lowest BCUT2D eigenvalue weighted by Crippen LogP contribution is -2.15.